The van der Waals surface area contributed by atoms with Crippen molar-refractivity contribution in [2.24, 2.45) is 0 Å². The first kappa shape index (κ1) is 14.9. The number of halogens is 1. The van der Waals surface area contributed by atoms with Gasteiger partial charge in [0.2, 0.25) is 0 Å². The lowest BCUT2D eigenvalue weighted by Crippen LogP contribution is -2.14. The molecule has 8 heteroatoms. The highest BCUT2D eigenvalue weighted by atomic mass is 35.5. The molecule has 1 aromatic heterocycles. The molecule has 0 radical (unpaired) electrons. The summed E-state index contributed by atoms with van der Waals surface area (Å²) in [5.74, 6) is -0.580. The summed E-state index contributed by atoms with van der Waals surface area (Å²) in [6.45, 7) is -0.270. The fraction of sp³-hybridized carbons (Fsp3) is 0.0769. The fourth-order valence-corrected chi connectivity index (χ4v) is 1.91. The smallest absolute Gasteiger partial charge is 0.271 e. The minimum absolute atomic E-state index is 0.0435. The minimum atomic E-state index is -0.633. The van der Waals surface area contributed by atoms with Gasteiger partial charge in [0.15, 0.2) is 0 Å². The molecule has 0 aliphatic heterocycles. The number of nitro groups is 1. The number of amides is 1. The Hall–Kier alpha value is -2.51. The lowest BCUT2D eigenvalue weighted by Gasteiger charge is -2.08. The summed E-state index contributed by atoms with van der Waals surface area (Å²) >= 11 is 5.76. The van der Waals surface area contributed by atoms with E-state index in [9.17, 15) is 20.0 Å². The first-order chi connectivity index (χ1) is 10.0. The summed E-state index contributed by atoms with van der Waals surface area (Å²) in [4.78, 5) is 26.1. The molecule has 2 N–H and O–H groups in total. The molecule has 0 unspecified atom stereocenters. The van der Waals surface area contributed by atoms with Crippen LogP contribution in [-0.2, 0) is 6.61 Å². The van der Waals surface area contributed by atoms with E-state index < -0.39 is 10.8 Å². The third-order valence-electron chi connectivity index (χ3n) is 2.69. The Morgan fingerprint density at radius 2 is 2.19 bits per heavy atom. The molecule has 0 atom stereocenters. The van der Waals surface area contributed by atoms with Crippen molar-refractivity contribution in [2.45, 2.75) is 6.61 Å². The highest BCUT2D eigenvalue weighted by Gasteiger charge is 2.15. The van der Waals surface area contributed by atoms with Gasteiger partial charge in [0.25, 0.3) is 11.6 Å². The van der Waals surface area contributed by atoms with E-state index >= 15 is 0 Å². The lowest BCUT2D eigenvalue weighted by atomic mass is 10.1. The molecule has 0 spiro atoms. The average molecular weight is 308 g/mol. The van der Waals surface area contributed by atoms with Gasteiger partial charge in [0.05, 0.1) is 23.4 Å². The molecule has 1 heterocycles. The van der Waals surface area contributed by atoms with Crippen molar-refractivity contribution >= 4 is 28.9 Å². The number of carbonyl (C=O) groups is 1. The molecule has 1 amide bonds. The van der Waals surface area contributed by atoms with Crippen LogP contribution in [0.4, 0.5) is 11.4 Å². The van der Waals surface area contributed by atoms with Crippen LogP contribution in [0.1, 0.15) is 15.9 Å². The number of hydrogen-bond acceptors (Lipinski definition) is 5. The second-order valence-corrected chi connectivity index (χ2v) is 4.54. The topological polar surface area (TPSA) is 105 Å². The van der Waals surface area contributed by atoms with Crippen LogP contribution >= 0.6 is 11.6 Å². The zero-order valence-electron chi connectivity index (χ0n) is 10.6. The van der Waals surface area contributed by atoms with Crippen molar-refractivity contribution in [3.63, 3.8) is 0 Å². The Labute approximate surface area is 124 Å². The lowest BCUT2D eigenvalue weighted by molar-refractivity contribution is -0.384. The maximum Gasteiger partial charge on any atom is 0.271 e. The maximum absolute atomic E-state index is 12.1. The third kappa shape index (κ3) is 3.53. The molecule has 2 aromatic rings. The van der Waals surface area contributed by atoms with Crippen LogP contribution in [0.25, 0.3) is 0 Å². The molecule has 108 valence electrons. The van der Waals surface area contributed by atoms with E-state index in [-0.39, 0.29) is 22.9 Å². The number of anilines is 1. The number of hydrogen-bond donors (Lipinski definition) is 2. The van der Waals surface area contributed by atoms with Crippen LogP contribution in [0.15, 0.2) is 36.7 Å². The Bertz CT molecular complexity index is 706. The van der Waals surface area contributed by atoms with E-state index in [0.717, 1.165) is 12.1 Å². The summed E-state index contributed by atoms with van der Waals surface area (Å²) in [6, 6.07) is 5.15. The standard InChI is InChI=1S/C13H10ClN3O4/c14-10-3-9(4-11(5-10)17(20)21)13(19)16-12-6-15-2-1-8(12)7-18/h1-6,18H,7H2,(H,16,19). The van der Waals surface area contributed by atoms with Gasteiger partial charge in [-0.1, -0.05) is 11.6 Å². The number of benzene rings is 1. The van der Waals surface area contributed by atoms with Gasteiger partial charge in [0.1, 0.15) is 0 Å². The van der Waals surface area contributed by atoms with Crippen LogP contribution in [-0.4, -0.2) is 20.9 Å². The van der Waals surface area contributed by atoms with Gasteiger partial charge in [0, 0.05) is 34.5 Å². The first-order valence-electron chi connectivity index (χ1n) is 5.81. The van der Waals surface area contributed by atoms with Gasteiger partial charge < -0.3 is 10.4 Å². The van der Waals surface area contributed by atoms with Crippen LogP contribution < -0.4 is 5.32 Å². The number of rotatable bonds is 4. The molecule has 21 heavy (non-hydrogen) atoms. The number of pyridine rings is 1. The van der Waals surface area contributed by atoms with Gasteiger partial charge in [-0.15, -0.1) is 0 Å². The van der Waals surface area contributed by atoms with Gasteiger partial charge in [-0.3, -0.25) is 19.9 Å². The molecule has 0 fully saturated rings. The molecule has 2 rings (SSSR count). The van der Waals surface area contributed by atoms with Crippen LogP contribution in [0.5, 0.6) is 0 Å². The summed E-state index contributed by atoms with van der Waals surface area (Å²) in [7, 11) is 0. The summed E-state index contributed by atoms with van der Waals surface area (Å²) < 4.78 is 0. The number of nitrogens with zero attached hydrogens (tertiary/aromatic N) is 2. The second-order valence-electron chi connectivity index (χ2n) is 4.10. The Balaban J connectivity index is 2.30. The minimum Gasteiger partial charge on any atom is -0.392 e. The normalized spacial score (nSPS) is 10.2. The van der Waals surface area contributed by atoms with Gasteiger partial charge in [-0.2, -0.15) is 0 Å². The Morgan fingerprint density at radius 3 is 2.86 bits per heavy atom. The molecule has 7 nitrogen and oxygen atoms in total. The zero-order chi connectivity index (χ0) is 15.4. The van der Waals surface area contributed by atoms with E-state index in [1.54, 1.807) is 6.07 Å². The Morgan fingerprint density at radius 1 is 1.43 bits per heavy atom. The number of aliphatic hydroxyl groups excluding tert-OH is 1. The maximum atomic E-state index is 12.1. The molecular formula is C13H10ClN3O4. The largest absolute Gasteiger partial charge is 0.392 e. The molecule has 0 saturated heterocycles. The number of aliphatic hydroxyl groups is 1. The third-order valence-corrected chi connectivity index (χ3v) is 2.90. The SMILES string of the molecule is O=C(Nc1cnccc1CO)c1cc(Cl)cc([N+](=O)[O-])c1. The second kappa shape index (κ2) is 6.29. The number of non-ortho nitro benzene ring substituents is 1. The summed E-state index contributed by atoms with van der Waals surface area (Å²) in [6.07, 6.45) is 2.86. The van der Waals surface area contributed by atoms with Crippen LogP contribution in [0, 0.1) is 10.1 Å². The average Bonchev–Trinajstić information content (AvgIpc) is 2.47. The molecule has 0 saturated carbocycles. The predicted octanol–water partition coefficient (Wildman–Crippen LogP) is 2.39. The van der Waals surface area contributed by atoms with Gasteiger partial charge >= 0.3 is 0 Å². The monoisotopic (exact) mass is 307 g/mol. The van der Waals surface area contributed by atoms with E-state index in [2.05, 4.69) is 10.3 Å². The molecule has 0 bridgehead atoms. The fourth-order valence-electron chi connectivity index (χ4n) is 1.68. The quantitative estimate of drug-likeness (QED) is 0.666. The van der Waals surface area contributed by atoms with Crippen molar-refractivity contribution in [1.29, 1.82) is 0 Å². The van der Waals surface area contributed by atoms with Crippen molar-refractivity contribution in [3.05, 3.63) is 62.9 Å². The predicted molar refractivity (Wildman–Crippen MR) is 76.2 cm³/mol. The van der Waals surface area contributed by atoms with Gasteiger partial charge in [-0.25, -0.2) is 0 Å². The van der Waals surface area contributed by atoms with E-state index in [1.807, 2.05) is 0 Å². The summed E-state index contributed by atoms with van der Waals surface area (Å²) in [5, 5.41) is 22.5. The Kier molecular flexibility index (Phi) is 4.46. The van der Waals surface area contributed by atoms with Crippen LogP contribution in [0.3, 0.4) is 0 Å². The van der Waals surface area contributed by atoms with Crippen molar-refractivity contribution in [3.8, 4) is 0 Å². The highest BCUT2D eigenvalue weighted by molar-refractivity contribution is 6.31. The van der Waals surface area contributed by atoms with Crippen molar-refractivity contribution < 1.29 is 14.8 Å². The van der Waals surface area contributed by atoms with Crippen molar-refractivity contribution in [2.75, 3.05) is 5.32 Å². The van der Waals surface area contributed by atoms with Gasteiger partial charge in [-0.05, 0) is 12.1 Å². The van der Waals surface area contributed by atoms with Crippen molar-refractivity contribution in [1.82, 2.24) is 4.98 Å². The molecule has 0 aliphatic rings. The summed E-state index contributed by atoms with van der Waals surface area (Å²) in [5.41, 5.74) is 0.575. The number of nitrogens with one attached hydrogen (secondary N) is 1. The number of aromatic nitrogens is 1. The zero-order valence-corrected chi connectivity index (χ0v) is 11.4. The number of carbonyl (C=O) groups excluding carboxylic acids is 1. The van der Waals surface area contributed by atoms with Crippen LogP contribution in [0.2, 0.25) is 5.02 Å². The molecule has 0 aliphatic carbocycles. The van der Waals surface area contributed by atoms with E-state index in [1.165, 1.54) is 18.5 Å². The molecular weight excluding hydrogens is 298 g/mol. The molecule has 1 aromatic carbocycles. The highest BCUT2D eigenvalue weighted by Crippen LogP contribution is 2.22. The van der Waals surface area contributed by atoms with E-state index in [4.69, 9.17) is 11.6 Å². The first-order valence-corrected chi connectivity index (χ1v) is 6.19. The number of nitro benzene ring substituents is 1. The van der Waals surface area contributed by atoms with E-state index in [0.29, 0.717) is 11.3 Å².